The van der Waals surface area contributed by atoms with Crippen molar-refractivity contribution >= 4 is 27.4 Å². The summed E-state index contributed by atoms with van der Waals surface area (Å²) in [6.07, 6.45) is 0.642. The van der Waals surface area contributed by atoms with E-state index in [0.717, 1.165) is 10.9 Å². The maximum Gasteiger partial charge on any atom is 0.344 e. The van der Waals surface area contributed by atoms with Crippen molar-refractivity contribution in [1.82, 2.24) is 5.16 Å². The van der Waals surface area contributed by atoms with Crippen LogP contribution in [0.4, 0.5) is 0 Å². The minimum Gasteiger partial charge on any atom is -0.457 e. The summed E-state index contributed by atoms with van der Waals surface area (Å²) in [7, 11) is 0. The number of rotatable bonds is 4. The molecule has 1 aromatic carbocycles. The summed E-state index contributed by atoms with van der Waals surface area (Å²) in [6, 6.07) is 8.09. The number of hydrogen-bond acceptors (Lipinski definition) is 5. The fourth-order valence-corrected chi connectivity index (χ4v) is 3.23. The topological polar surface area (TPSA) is 52.3 Å². The van der Waals surface area contributed by atoms with Crippen molar-refractivity contribution < 1.29 is 14.1 Å². The van der Waals surface area contributed by atoms with Crippen LogP contribution in [0.5, 0.6) is 0 Å². The number of nitrogens with zero attached hydrogens (tertiary/aromatic N) is 1. The molecule has 0 saturated heterocycles. The fraction of sp³-hybridized carbons (Fsp3) is 0.250. The molecule has 5 heteroatoms. The van der Waals surface area contributed by atoms with E-state index in [-0.39, 0.29) is 12.6 Å². The van der Waals surface area contributed by atoms with Gasteiger partial charge in [-0.15, -0.1) is 11.3 Å². The van der Waals surface area contributed by atoms with Crippen LogP contribution in [-0.4, -0.2) is 11.1 Å². The van der Waals surface area contributed by atoms with Crippen molar-refractivity contribution in [2.45, 2.75) is 26.9 Å². The maximum absolute atomic E-state index is 12.2. The van der Waals surface area contributed by atoms with Gasteiger partial charge in [-0.25, -0.2) is 4.79 Å². The Morgan fingerprint density at radius 3 is 3.00 bits per heavy atom. The molecular formula is C16H15NO3S. The number of ether oxygens (including phenoxy) is 1. The molecule has 0 radical (unpaired) electrons. The third kappa shape index (κ3) is 2.56. The van der Waals surface area contributed by atoms with Crippen LogP contribution in [-0.2, 0) is 17.8 Å². The molecule has 4 nitrogen and oxygen atoms in total. The fourth-order valence-electron chi connectivity index (χ4n) is 2.28. The van der Waals surface area contributed by atoms with Crippen LogP contribution in [0, 0.1) is 6.92 Å². The summed E-state index contributed by atoms with van der Waals surface area (Å²) in [4.78, 5) is 12.2. The molecule has 0 fully saturated rings. The first kappa shape index (κ1) is 13.8. The lowest BCUT2D eigenvalue weighted by molar-refractivity contribution is 0.0471. The molecule has 0 N–H and O–H groups in total. The van der Waals surface area contributed by atoms with Crippen LogP contribution in [0.1, 0.15) is 34.3 Å². The van der Waals surface area contributed by atoms with Crippen molar-refractivity contribution in [3.63, 3.8) is 0 Å². The van der Waals surface area contributed by atoms with E-state index in [1.54, 1.807) is 18.3 Å². The van der Waals surface area contributed by atoms with Crippen molar-refractivity contribution in [2.24, 2.45) is 0 Å². The lowest BCUT2D eigenvalue weighted by Gasteiger charge is -2.04. The minimum absolute atomic E-state index is 0.261. The molecule has 0 aliphatic rings. The molecule has 0 amide bonds. The summed E-state index contributed by atoms with van der Waals surface area (Å²) in [5.41, 5.74) is 2.13. The quantitative estimate of drug-likeness (QED) is 0.680. The summed E-state index contributed by atoms with van der Waals surface area (Å²) >= 11 is 1.65. The first-order chi connectivity index (χ1) is 10.2. The molecule has 0 aliphatic carbocycles. The van der Waals surface area contributed by atoms with E-state index in [4.69, 9.17) is 9.26 Å². The highest BCUT2D eigenvalue weighted by Gasteiger charge is 2.20. The zero-order valence-electron chi connectivity index (χ0n) is 11.9. The summed E-state index contributed by atoms with van der Waals surface area (Å²) in [5, 5.41) is 7.04. The zero-order valence-corrected chi connectivity index (χ0v) is 12.7. The van der Waals surface area contributed by atoms with Gasteiger partial charge in [0.15, 0.2) is 0 Å². The normalized spacial score (nSPS) is 11.0. The Bertz CT molecular complexity index is 788. The Morgan fingerprint density at radius 1 is 1.38 bits per heavy atom. The second kappa shape index (κ2) is 5.69. The van der Waals surface area contributed by atoms with Gasteiger partial charge in [0.1, 0.15) is 17.9 Å². The SMILES string of the molecule is CCc1noc(C)c1C(=O)OCc1csc2ccccc12. The summed E-state index contributed by atoms with van der Waals surface area (Å²) in [5.74, 6) is 0.132. The Morgan fingerprint density at radius 2 is 2.19 bits per heavy atom. The first-order valence-corrected chi connectivity index (χ1v) is 7.66. The van der Waals surface area contributed by atoms with Gasteiger partial charge < -0.3 is 9.26 Å². The van der Waals surface area contributed by atoms with Crippen LogP contribution in [0.2, 0.25) is 0 Å². The molecule has 0 aliphatic heterocycles. The smallest absolute Gasteiger partial charge is 0.344 e. The largest absolute Gasteiger partial charge is 0.457 e. The number of aryl methyl sites for hydroxylation is 2. The van der Waals surface area contributed by atoms with E-state index < -0.39 is 0 Å². The number of thiophene rings is 1. The number of fused-ring (bicyclic) bond motifs is 1. The summed E-state index contributed by atoms with van der Waals surface area (Å²) < 4.78 is 11.7. The van der Waals surface area contributed by atoms with Crippen LogP contribution in [0.25, 0.3) is 10.1 Å². The Kier molecular flexibility index (Phi) is 3.75. The Labute approximate surface area is 126 Å². The molecule has 2 aromatic heterocycles. The molecule has 0 unspecified atom stereocenters. The number of benzene rings is 1. The van der Waals surface area contributed by atoms with Crippen LogP contribution in [0.15, 0.2) is 34.2 Å². The lowest BCUT2D eigenvalue weighted by atomic mass is 10.1. The van der Waals surface area contributed by atoms with Gasteiger partial charge in [0.2, 0.25) is 0 Å². The van der Waals surface area contributed by atoms with E-state index in [2.05, 4.69) is 11.2 Å². The van der Waals surface area contributed by atoms with Gasteiger partial charge in [0, 0.05) is 10.3 Å². The van der Waals surface area contributed by atoms with E-state index in [0.29, 0.717) is 23.4 Å². The van der Waals surface area contributed by atoms with Gasteiger partial charge in [-0.3, -0.25) is 0 Å². The van der Waals surface area contributed by atoms with Crippen molar-refractivity contribution in [1.29, 1.82) is 0 Å². The average Bonchev–Trinajstić information content (AvgIpc) is 3.08. The highest BCUT2D eigenvalue weighted by atomic mass is 32.1. The van der Waals surface area contributed by atoms with Crippen molar-refractivity contribution in [2.75, 3.05) is 0 Å². The number of hydrogen-bond donors (Lipinski definition) is 0. The van der Waals surface area contributed by atoms with Gasteiger partial charge >= 0.3 is 5.97 Å². The molecule has 0 atom stereocenters. The molecule has 0 saturated carbocycles. The molecule has 0 bridgehead atoms. The van der Waals surface area contributed by atoms with Crippen LogP contribution < -0.4 is 0 Å². The molecule has 3 aromatic rings. The minimum atomic E-state index is -0.374. The number of esters is 1. The molecular weight excluding hydrogens is 286 g/mol. The highest BCUT2D eigenvalue weighted by molar-refractivity contribution is 7.17. The zero-order chi connectivity index (χ0) is 14.8. The van der Waals surface area contributed by atoms with Gasteiger partial charge in [-0.2, -0.15) is 0 Å². The second-order valence-electron chi connectivity index (χ2n) is 4.75. The Hall–Kier alpha value is -2.14. The second-order valence-corrected chi connectivity index (χ2v) is 5.66. The molecule has 21 heavy (non-hydrogen) atoms. The predicted octanol–water partition coefficient (Wildman–Crippen LogP) is 4.12. The van der Waals surface area contributed by atoms with Gasteiger partial charge in [-0.05, 0) is 30.2 Å². The summed E-state index contributed by atoms with van der Waals surface area (Å²) in [6.45, 7) is 3.92. The average molecular weight is 301 g/mol. The van der Waals surface area contributed by atoms with E-state index in [9.17, 15) is 4.79 Å². The number of aromatic nitrogens is 1. The highest BCUT2D eigenvalue weighted by Crippen LogP contribution is 2.26. The molecule has 0 spiro atoms. The van der Waals surface area contributed by atoms with Crippen molar-refractivity contribution in [3.8, 4) is 0 Å². The first-order valence-electron chi connectivity index (χ1n) is 6.78. The number of carbonyl (C=O) groups is 1. The maximum atomic E-state index is 12.2. The van der Waals surface area contributed by atoms with Crippen molar-refractivity contribution in [3.05, 3.63) is 52.2 Å². The van der Waals surface area contributed by atoms with E-state index in [1.165, 1.54) is 4.70 Å². The number of carbonyl (C=O) groups excluding carboxylic acids is 1. The standard InChI is InChI=1S/C16H15NO3S/c1-3-13-15(10(2)20-17-13)16(18)19-8-11-9-21-14-7-5-4-6-12(11)14/h4-7,9H,3,8H2,1-2H3. The van der Waals surface area contributed by atoms with Gasteiger partial charge in [0.05, 0.1) is 5.69 Å². The van der Waals surface area contributed by atoms with Crippen LogP contribution in [0.3, 0.4) is 0 Å². The third-order valence-corrected chi connectivity index (χ3v) is 4.40. The van der Waals surface area contributed by atoms with Gasteiger partial charge in [0.25, 0.3) is 0 Å². The predicted molar refractivity (Wildman–Crippen MR) is 81.6 cm³/mol. The molecule has 2 heterocycles. The Balaban J connectivity index is 1.78. The van der Waals surface area contributed by atoms with E-state index in [1.807, 2.05) is 30.5 Å². The van der Waals surface area contributed by atoms with E-state index >= 15 is 0 Å². The molecule has 108 valence electrons. The third-order valence-electron chi connectivity index (χ3n) is 3.39. The monoisotopic (exact) mass is 301 g/mol. The van der Waals surface area contributed by atoms with Crippen LogP contribution >= 0.6 is 11.3 Å². The molecule has 3 rings (SSSR count). The van der Waals surface area contributed by atoms with Gasteiger partial charge in [-0.1, -0.05) is 30.3 Å². The lowest BCUT2D eigenvalue weighted by Crippen LogP contribution is -2.08.